The van der Waals surface area contributed by atoms with Crippen molar-refractivity contribution < 1.29 is 22.1 Å². The average Bonchev–Trinajstić information content (AvgIpc) is 2.60. The minimum atomic E-state index is -3.86. The SMILES string of the molecule is Cc1ccc(S(=O)(=O)OC[C@H](C)NC(=O)OCc2ccccc2)cc1. The van der Waals surface area contributed by atoms with Crippen LogP contribution < -0.4 is 5.32 Å². The summed E-state index contributed by atoms with van der Waals surface area (Å²) < 4.78 is 34.2. The van der Waals surface area contributed by atoms with Crippen LogP contribution in [0.3, 0.4) is 0 Å². The van der Waals surface area contributed by atoms with Gasteiger partial charge in [0.15, 0.2) is 0 Å². The van der Waals surface area contributed by atoms with Crippen LogP contribution in [0, 0.1) is 6.92 Å². The minimum Gasteiger partial charge on any atom is -0.445 e. The lowest BCUT2D eigenvalue weighted by Gasteiger charge is -2.14. The molecule has 0 bridgehead atoms. The molecule has 25 heavy (non-hydrogen) atoms. The second-order valence-corrected chi connectivity index (χ2v) is 7.27. The molecule has 0 heterocycles. The van der Waals surface area contributed by atoms with Crippen LogP contribution >= 0.6 is 0 Å². The first kappa shape index (κ1) is 19.0. The van der Waals surface area contributed by atoms with Crippen LogP contribution in [-0.4, -0.2) is 27.2 Å². The summed E-state index contributed by atoms with van der Waals surface area (Å²) in [6.07, 6.45) is -0.632. The highest BCUT2D eigenvalue weighted by molar-refractivity contribution is 7.86. The lowest BCUT2D eigenvalue weighted by Crippen LogP contribution is -2.36. The summed E-state index contributed by atoms with van der Waals surface area (Å²) in [7, 11) is -3.86. The number of amides is 1. The number of hydrogen-bond donors (Lipinski definition) is 1. The Balaban J connectivity index is 1.78. The zero-order chi connectivity index (χ0) is 18.3. The zero-order valence-corrected chi connectivity index (χ0v) is 15.0. The first-order valence-corrected chi connectivity index (χ1v) is 9.21. The third-order valence-electron chi connectivity index (χ3n) is 3.36. The van der Waals surface area contributed by atoms with Crippen LogP contribution in [0.2, 0.25) is 0 Å². The number of hydrogen-bond acceptors (Lipinski definition) is 5. The summed E-state index contributed by atoms with van der Waals surface area (Å²) in [6.45, 7) is 3.46. The number of benzene rings is 2. The summed E-state index contributed by atoms with van der Waals surface area (Å²) in [6, 6.07) is 15.1. The van der Waals surface area contributed by atoms with Crippen molar-refractivity contribution in [3.8, 4) is 0 Å². The predicted octanol–water partition coefficient (Wildman–Crippen LogP) is 3.02. The van der Waals surface area contributed by atoms with Crippen molar-refractivity contribution in [1.29, 1.82) is 0 Å². The Morgan fingerprint density at radius 2 is 1.72 bits per heavy atom. The van der Waals surface area contributed by atoms with Gasteiger partial charge in [0, 0.05) is 0 Å². The van der Waals surface area contributed by atoms with Gasteiger partial charge in [-0.1, -0.05) is 48.0 Å². The van der Waals surface area contributed by atoms with Gasteiger partial charge in [-0.25, -0.2) is 4.79 Å². The van der Waals surface area contributed by atoms with E-state index in [0.29, 0.717) is 0 Å². The molecule has 0 saturated heterocycles. The lowest BCUT2D eigenvalue weighted by atomic mass is 10.2. The van der Waals surface area contributed by atoms with E-state index in [1.54, 1.807) is 19.1 Å². The fourth-order valence-corrected chi connectivity index (χ4v) is 2.96. The quantitative estimate of drug-likeness (QED) is 0.765. The number of nitrogens with one attached hydrogen (secondary N) is 1. The molecule has 2 aromatic rings. The molecule has 1 atom stereocenters. The Labute approximate surface area is 147 Å². The molecule has 0 radical (unpaired) electrons. The van der Waals surface area contributed by atoms with Crippen LogP contribution in [0.4, 0.5) is 4.79 Å². The molecule has 0 aliphatic carbocycles. The molecule has 0 spiro atoms. The van der Waals surface area contributed by atoms with Crippen molar-refractivity contribution >= 4 is 16.2 Å². The molecule has 0 saturated carbocycles. The normalized spacial score (nSPS) is 12.4. The second kappa shape index (κ2) is 8.64. The van der Waals surface area contributed by atoms with Crippen LogP contribution in [0.15, 0.2) is 59.5 Å². The van der Waals surface area contributed by atoms with Crippen molar-refractivity contribution in [2.45, 2.75) is 31.4 Å². The van der Waals surface area contributed by atoms with E-state index in [9.17, 15) is 13.2 Å². The van der Waals surface area contributed by atoms with E-state index in [4.69, 9.17) is 8.92 Å². The number of carbonyl (C=O) groups is 1. The largest absolute Gasteiger partial charge is 0.445 e. The molecule has 2 aromatic carbocycles. The second-order valence-electron chi connectivity index (χ2n) is 5.66. The summed E-state index contributed by atoms with van der Waals surface area (Å²) in [5.41, 5.74) is 1.82. The van der Waals surface area contributed by atoms with Crippen molar-refractivity contribution in [2.75, 3.05) is 6.61 Å². The number of rotatable bonds is 7. The molecular formula is C18H21NO5S. The third-order valence-corrected chi connectivity index (χ3v) is 4.66. The van der Waals surface area contributed by atoms with Crippen molar-refractivity contribution in [1.82, 2.24) is 5.32 Å². The number of carbonyl (C=O) groups excluding carboxylic acids is 1. The molecule has 0 aromatic heterocycles. The summed E-state index contributed by atoms with van der Waals surface area (Å²) in [5, 5.41) is 2.53. The summed E-state index contributed by atoms with van der Waals surface area (Å²) in [5.74, 6) is 0. The molecule has 7 heteroatoms. The smallest absolute Gasteiger partial charge is 0.407 e. The molecule has 0 aliphatic rings. The number of alkyl carbamates (subject to hydrolysis) is 1. The lowest BCUT2D eigenvalue weighted by molar-refractivity contribution is 0.132. The van der Waals surface area contributed by atoms with E-state index in [2.05, 4.69) is 5.32 Å². The van der Waals surface area contributed by atoms with Gasteiger partial charge in [0.05, 0.1) is 17.5 Å². The highest BCUT2D eigenvalue weighted by Crippen LogP contribution is 2.13. The number of aryl methyl sites for hydroxylation is 1. The van der Waals surface area contributed by atoms with Crippen molar-refractivity contribution in [2.24, 2.45) is 0 Å². The highest BCUT2D eigenvalue weighted by atomic mass is 32.2. The molecule has 0 fully saturated rings. The fraction of sp³-hybridized carbons (Fsp3) is 0.278. The maximum absolute atomic E-state index is 12.1. The fourth-order valence-electron chi connectivity index (χ4n) is 1.97. The Morgan fingerprint density at radius 1 is 1.08 bits per heavy atom. The third kappa shape index (κ3) is 6.21. The standard InChI is InChI=1S/C18H21NO5S/c1-14-8-10-17(11-9-14)25(21,22)24-12-15(2)19-18(20)23-13-16-6-4-3-5-7-16/h3-11,15H,12-13H2,1-2H3,(H,19,20)/t15-/m0/s1. The first-order chi connectivity index (χ1) is 11.9. The first-order valence-electron chi connectivity index (χ1n) is 7.80. The monoisotopic (exact) mass is 363 g/mol. The van der Waals surface area contributed by atoms with E-state index in [1.165, 1.54) is 12.1 Å². The van der Waals surface area contributed by atoms with Gasteiger partial charge in [-0.2, -0.15) is 8.42 Å². The van der Waals surface area contributed by atoms with Crippen LogP contribution in [0.5, 0.6) is 0 Å². The molecule has 6 nitrogen and oxygen atoms in total. The molecule has 2 rings (SSSR count). The van der Waals surface area contributed by atoms with Crippen LogP contribution in [0.25, 0.3) is 0 Å². The maximum Gasteiger partial charge on any atom is 0.407 e. The Kier molecular flexibility index (Phi) is 6.55. The molecule has 1 N–H and O–H groups in total. The Hall–Kier alpha value is -2.38. The molecule has 0 unspecified atom stereocenters. The molecule has 1 amide bonds. The van der Waals surface area contributed by atoms with Gasteiger partial charge in [-0.3, -0.25) is 4.18 Å². The van der Waals surface area contributed by atoms with E-state index < -0.39 is 22.3 Å². The van der Waals surface area contributed by atoms with Gasteiger partial charge in [0.2, 0.25) is 0 Å². The highest BCUT2D eigenvalue weighted by Gasteiger charge is 2.17. The van der Waals surface area contributed by atoms with Gasteiger partial charge in [0.1, 0.15) is 6.61 Å². The maximum atomic E-state index is 12.1. The summed E-state index contributed by atoms with van der Waals surface area (Å²) >= 11 is 0. The Morgan fingerprint density at radius 3 is 2.36 bits per heavy atom. The van der Waals surface area contributed by atoms with Gasteiger partial charge in [-0.05, 0) is 31.5 Å². The summed E-state index contributed by atoms with van der Waals surface area (Å²) in [4.78, 5) is 11.8. The van der Waals surface area contributed by atoms with E-state index >= 15 is 0 Å². The topological polar surface area (TPSA) is 81.7 Å². The van der Waals surface area contributed by atoms with Crippen LogP contribution in [0.1, 0.15) is 18.1 Å². The van der Waals surface area contributed by atoms with E-state index in [-0.39, 0.29) is 18.1 Å². The van der Waals surface area contributed by atoms with E-state index in [0.717, 1.165) is 11.1 Å². The zero-order valence-electron chi connectivity index (χ0n) is 14.1. The molecular weight excluding hydrogens is 342 g/mol. The number of ether oxygens (including phenoxy) is 1. The van der Waals surface area contributed by atoms with Crippen molar-refractivity contribution in [3.63, 3.8) is 0 Å². The van der Waals surface area contributed by atoms with Gasteiger partial charge in [0.25, 0.3) is 10.1 Å². The molecule has 134 valence electrons. The minimum absolute atomic E-state index is 0.0805. The van der Waals surface area contributed by atoms with Crippen LogP contribution in [-0.2, 0) is 25.6 Å². The van der Waals surface area contributed by atoms with Gasteiger partial charge >= 0.3 is 6.09 Å². The van der Waals surface area contributed by atoms with Crippen molar-refractivity contribution in [3.05, 3.63) is 65.7 Å². The van der Waals surface area contributed by atoms with Gasteiger partial charge < -0.3 is 10.1 Å². The molecule has 0 aliphatic heterocycles. The van der Waals surface area contributed by atoms with Gasteiger partial charge in [-0.15, -0.1) is 0 Å². The Bertz CT molecular complexity index is 788. The predicted molar refractivity (Wildman–Crippen MR) is 93.5 cm³/mol. The van der Waals surface area contributed by atoms with E-state index in [1.807, 2.05) is 37.3 Å². The average molecular weight is 363 g/mol.